The SMILES string of the molecule is CCCNC(=O)Cn1c(C)ccc(NC(=O)c2ccccc2)c1=O. The van der Waals surface area contributed by atoms with Crippen LogP contribution in [0.1, 0.15) is 29.4 Å². The molecule has 0 atom stereocenters. The van der Waals surface area contributed by atoms with Crippen LogP contribution in [-0.2, 0) is 11.3 Å². The second-order valence-electron chi connectivity index (χ2n) is 5.45. The van der Waals surface area contributed by atoms with E-state index >= 15 is 0 Å². The number of carbonyl (C=O) groups is 2. The number of aryl methyl sites for hydroxylation is 1. The quantitative estimate of drug-likeness (QED) is 0.851. The molecule has 126 valence electrons. The van der Waals surface area contributed by atoms with Crippen molar-refractivity contribution in [2.24, 2.45) is 0 Å². The van der Waals surface area contributed by atoms with Gasteiger partial charge in [-0.05, 0) is 37.6 Å². The van der Waals surface area contributed by atoms with Gasteiger partial charge in [-0.2, -0.15) is 0 Å². The maximum Gasteiger partial charge on any atom is 0.274 e. The molecule has 0 radical (unpaired) electrons. The predicted octanol–water partition coefficient (Wildman–Crippen LogP) is 1.94. The van der Waals surface area contributed by atoms with Crippen molar-refractivity contribution >= 4 is 17.5 Å². The lowest BCUT2D eigenvalue weighted by Crippen LogP contribution is -2.35. The number of pyridine rings is 1. The van der Waals surface area contributed by atoms with Crippen molar-refractivity contribution in [2.75, 3.05) is 11.9 Å². The van der Waals surface area contributed by atoms with Gasteiger partial charge in [0.05, 0.1) is 0 Å². The first-order valence-corrected chi connectivity index (χ1v) is 7.86. The summed E-state index contributed by atoms with van der Waals surface area (Å²) in [6, 6.07) is 11.9. The van der Waals surface area contributed by atoms with Crippen LogP contribution in [0.4, 0.5) is 5.69 Å². The highest BCUT2D eigenvalue weighted by Gasteiger charge is 2.13. The lowest BCUT2D eigenvalue weighted by atomic mass is 10.2. The fourth-order valence-corrected chi connectivity index (χ4v) is 2.21. The summed E-state index contributed by atoms with van der Waals surface area (Å²) in [5, 5.41) is 5.34. The van der Waals surface area contributed by atoms with Gasteiger partial charge in [0, 0.05) is 17.8 Å². The summed E-state index contributed by atoms with van der Waals surface area (Å²) >= 11 is 0. The first-order chi connectivity index (χ1) is 11.5. The molecule has 1 heterocycles. The zero-order valence-electron chi connectivity index (χ0n) is 13.8. The molecular weight excluding hydrogens is 306 g/mol. The molecule has 2 rings (SSSR count). The standard InChI is InChI=1S/C18H21N3O3/c1-3-11-19-16(22)12-21-13(2)9-10-15(18(21)24)20-17(23)14-7-5-4-6-8-14/h4-10H,3,11-12H2,1-2H3,(H,19,22)(H,20,23). The van der Waals surface area contributed by atoms with Crippen molar-refractivity contribution in [1.29, 1.82) is 0 Å². The van der Waals surface area contributed by atoms with Gasteiger partial charge in [-0.1, -0.05) is 25.1 Å². The van der Waals surface area contributed by atoms with E-state index in [-0.39, 0.29) is 24.0 Å². The second kappa shape index (κ2) is 8.10. The van der Waals surface area contributed by atoms with Crippen LogP contribution in [0.25, 0.3) is 0 Å². The van der Waals surface area contributed by atoms with Gasteiger partial charge < -0.3 is 15.2 Å². The van der Waals surface area contributed by atoms with E-state index in [0.29, 0.717) is 17.8 Å². The average molecular weight is 327 g/mol. The number of nitrogens with zero attached hydrogens (tertiary/aromatic N) is 1. The third kappa shape index (κ3) is 4.32. The van der Waals surface area contributed by atoms with Gasteiger partial charge in [-0.3, -0.25) is 14.4 Å². The Bertz CT molecular complexity index is 782. The highest BCUT2D eigenvalue weighted by molar-refractivity contribution is 6.04. The molecule has 24 heavy (non-hydrogen) atoms. The van der Waals surface area contributed by atoms with Crippen LogP contribution in [-0.4, -0.2) is 22.9 Å². The van der Waals surface area contributed by atoms with Crippen LogP contribution >= 0.6 is 0 Å². The molecule has 6 heteroatoms. The fourth-order valence-electron chi connectivity index (χ4n) is 2.21. The predicted molar refractivity (Wildman–Crippen MR) is 93.1 cm³/mol. The van der Waals surface area contributed by atoms with Crippen LogP contribution in [0.3, 0.4) is 0 Å². The third-order valence-electron chi connectivity index (χ3n) is 3.55. The Morgan fingerprint density at radius 2 is 1.79 bits per heavy atom. The molecule has 1 aromatic carbocycles. The Labute approximate surface area is 140 Å². The Kier molecular flexibility index (Phi) is 5.89. The molecule has 0 aliphatic carbocycles. The van der Waals surface area contributed by atoms with Crippen molar-refractivity contribution in [1.82, 2.24) is 9.88 Å². The molecule has 2 amide bonds. The fraction of sp³-hybridized carbons (Fsp3) is 0.278. The van der Waals surface area contributed by atoms with E-state index in [4.69, 9.17) is 0 Å². The average Bonchev–Trinajstić information content (AvgIpc) is 2.60. The van der Waals surface area contributed by atoms with Crippen LogP contribution < -0.4 is 16.2 Å². The summed E-state index contributed by atoms with van der Waals surface area (Å²) in [6.07, 6.45) is 0.826. The molecule has 1 aromatic heterocycles. The molecule has 6 nitrogen and oxygen atoms in total. The van der Waals surface area contributed by atoms with Crippen LogP contribution in [0.2, 0.25) is 0 Å². The Hall–Kier alpha value is -2.89. The summed E-state index contributed by atoms with van der Waals surface area (Å²) in [5.41, 5.74) is 0.873. The number of benzene rings is 1. The minimum Gasteiger partial charge on any atom is -0.355 e. The van der Waals surface area contributed by atoms with Gasteiger partial charge in [-0.15, -0.1) is 0 Å². The number of nitrogens with one attached hydrogen (secondary N) is 2. The number of amides is 2. The highest BCUT2D eigenvalue weighted by Crippen LogP contribution is 2.07. The van der Waals surface area contributed by atoms with Gasteiger partial charge in [-0.25, -0.2) is 0 Å². The van der Waals surface area contributed by atoms with E-state index in [2.05, 4.69) is 10.6 Å². The first-order valence-electron chi connectivity index (χ1n) is 7.86. The van der Waals surface area contributed by atoms with Gasteiger partial charge in [0.1, 0.15) is 12.2 Å². The summed E-state index contributed by atoms with van der Waals surface area (Å²) < 4.78 is 1.35. The van der Waals surface area contributed by atoms with E-state index in [1.54, 1.807) is 43.3 Å². The van der Waals surface area contributed by atoms with Gasteiger partial charge in [0.2, 0.25) is 5.91 Å². The summed E-state index contributed by atoms with van der Waals surface area (Å²) in [6.45, 7) is 4.20. The Morgan fingerprint density at radius 3 is 2.46 bits per heavy atom. The van der Waals surface area contributed by atoms with Crippen molar-refractivity contribution in [3.05, 3.63) is 64.1 Å². The smallest absolute Gasteiger partial charge is 0.274 e. The molecule has 0 saturated heterocycles. The first kappa shape index (κ1) is 17.5. The van der Waals surface area contributed by atoms with Crippen LogP contribution in [0.15, 0.2) is 47.3 Å². The second-order valence-corrected chi connectivity index (χ2v) is 5.45. The number of anilines is 1. The minimum atomic E-state index is -0.397. The van der Waals surface area contributed by atoms with Crippen molar-refractivity contribution in [3.8, 4) is 0 Å². The van der Waals surface area contributed by atoms with E-state index in [9.17, 15) is 14.4 Å². The number of hydrogen-bond acceptors (Lipinski definition) is 3. The Morgan fingerprint density at radius 1 is 1.08 bits per heavy atom. The molecule has 0 bridgehead atoms. The molecule has 0 fully saturated rings. The van der Waals surface area contributed by atoms with Gasteiger partial charge in [0.25, 0.3) is 11.5 Å². The topological polar surface area (TPSA) is 80.2 Å². The van der Waals surface area contributed by atoms with Crippen LogP contribution in [0, 0.1) is 6.92 Å². The zero-order valence-corrected chi connectivity index (χ0v) is 13.8. The highest BCUT2D eigenvalue weighted by atomic mass is 16.2. The van der Waals surface area contributed by atoms with E-state index in [1.165, 1.54) is 4.57 Å². The lowest BCUT2D eigenvalue weighted by Gasteiger charge is -2.12. The summed E-state index contributed by atoms with van der Waals surface area (Å²) in [5.74, 6) is -0.591. The molecule has 2 N–H and O–H groups in total. The summed E-state index contributed by atoms with van der Waals surface area (Å²) in [7, 11) is 0. The van der Waals surface area contributed by atoms with Crippen molar-refractivity contribution in [3.63, 3.8) is 0 Å². The van der Waals surface area contributed by atoms with E-state index in [0.717, 1.165) is 6.42 Å². The minimum absolute atomic E-state index is 0.0697. The van der Waals surface area contributed by atoms with E-state index < -0.39 is 5.56 Å². The molecular formula is C18H21N3O3. The monoisotopic (exact) mass is 327 g/mol. The zero-order chi connectivity index (χ0) is 17.5. The van der Waals surface area contributed by atoms with Crippen LogP contribution in [0.5, 0.6) is 0 Å². The van der Waals surface area contributed by atoms with Crippen molar-refractivity contribution < 1.29 is 9.59 Å². The summed E-state index contributed by atoms with van der Waals surface area (Å²) in [4.78, 5) is 36.6. The molecule has 0 spiro atoms. The van der Waals surface area contributed by atoms with Gasteiger partial charge in [0.15, 0.2) is 0 Å². The maximum atomic E-state index is 12.5. The molecule has 0 aliphatic heterocycles. The third-order valence-corrected chi connectivity index (χ3v) is 3.55. The number of carbonyl (C=O) groups excluding carboxylic acids is 2. The number of aromatic nitrogens is 1. The molecule has 0 saturated carbocycles. The molecule has 0 aliphatic rings. The molecule has 0 unspecified atom stereocenters. The van der Waals surface area contributed by atoms with Gasteiger partial charge >= 0.3 is 0 Å². The number of rotatable bonds is 6. The maximum absolute atomic E-state index is 12.5. The Balaban J connectivity index is 2.20. The van der Waals surface area contributed by atoms with E-state index in [1.807, 2.05) is 13.0 Å². The lowest BCUT2D eigenvalue weighted by molar-refractivity contribution is -0.121. The number of hydrogen-bond donors (Lipinski definition) is 2. The molecule has 2 aromatic rings. The normalized spacial score (nSPS) is 10.2. The van der Waals surface area contributed by atoms with Crippen molar-refractivity contribution in [2.45, 2.75) is 26.8 Å². The largest absolute Gasteiger partial charge is 0.355 e.